The number of H-pyrrole nitrogens is 1. The average molecular weight is 468 g/mol. The number of fused-ring (bicyclic) bond motifs is 1. The first-order chi connectivity index (χ1) is 16.4. The zero-order chi connectivity index (χ0) is 23.8. The van der Waals surface area contributed by atoms with Gasteiger partial charge in [-0.3, -0.25) is 9.59 Å². The number of likely N-dealkylation sites (tertiary alicyclic amines) is 1. The Kier molecular flexibility index (Phi) is 5.91. The van der Waals surface area contributed by atoms with Gasteiger partial charge in [0.2, 0.25) is 5.91 Å². The predicted octanol–water partition coefficient (Wildman–Crippen LogP) is 2.18. The number of aliphatic hydroxyl groups is 1. The van der Waals surface area contributed by atoms with Gasteiger partial charge >= 0.3 is 0 Å². The van der Waals surface area contributed by atoms with Crippen LogP contribution in [-0.2, 0) is 4.79 Å². The minimum Gasteiger partial charge on any atom is -0.493 e. The summed E-state index contributed by atoms with van der Waals surface area (Å²) < 4.78 is 20.1. The lowest BCUT2D eigenvalue weighted by molar-refractivity contribution is -0.133. The van der Waals surface area contributed by atoms with E-state index in [9.17, 15) is 14.0 Å². The van der Waals surface area contributed by atoms with Crippen molar-refractivity contribution < 1.29 is 23.8 Å². The Bertz CT molecular complexity index is 1260. The number of aromatic amines is 1. The van der Waals surface area contributed by atoms with Crippen molar-refractivity contribution >= 4 is 22.8 Å². The number of halogens is 1. The molecule has 34 heavy (non-hydrogen) atoms. The van der Waals surface area contributed by atoms with E-state index in [2.05, 4.69) is 20.3 Å². The normalized spacial score (nSPS) is 17.9. The second-order valence-electron chi connectivity index (χ2n) is 8.92. The molecule has 0 unspecified atom stereocenters. The van der Waals surface area contributed by atoms with Crippen LogP contribution < -0.4 is 10.1 Å². The van der Waals surface area contributed by atoms with Crippen LogP contribution in [0.4, 0.5) is 4.39 Å². The molecule has 0 spiro atoms. The summed E-state index contributed by atoms with van der Waals surface area (Å²) in [5.74, 6) is -0.0185. The van der Waals surface area contributed by atoms with Crippen molar-refractivity contribution in [3.8, 4) is 17.0 Å². The summed E-state index contributed by atoms with van der Waals surface area (Å²) in [7, 11) is 0. The highest BCUT2D eigenvalue weighted by Gasteiger charge is 2.29. The largest absolute Gasteiger partial charge is 0.493 e. The van der Waals surface area contributed by atoms with Gasteiger partial charge in [-0.15, -0.1) is 0 Å². The molecule has 3 heterocycles. The van der Waals surface area contributed by atoms with Crippen LogP contribution in [0.15, 0.2) is 24.5 Å². The fourth-order valence-electron chi connectivity index (χ4n) is 4.37. The van der Waals surface area contributed by atoms with Crippen molar-refractivity contribution in [2.75, 3.05) is 26.3 Å². The molecule has 2 fully saturated rings. The number of nitrogens with zero attached hydrogens (tertiary/aromatic N) is 3. The molecule has 0 bridgehead atoms. The van der Waals surface area contributed by atoms with E-state index in [1.165, 1.54) is 23.4 Å². The maximum atomic E-state index is 14.2. The Hall–Kier alpha value is -3.53. The van der Waals surface area contributed by atoms with E-state index in [0.29, 0.717) is 71.3 Å². The Labute approximate surface area is 195 Å². The number of rotatable bonds is 7. The van der Waals surface area contributed by atoms with Crippen LogP contribution >= 0.6 is 0 Å². The second-order valence-corrected chi connectivity index (χ2v) is 8.92. The number of aromatic nitrogens is 3. The topological polar surface area (TPSA) is 120 Å². The number of aliphatic hydroxyl groups excluding tert-OH is 1. The van der Waals surface area contributed by atoms with E-state index < -0.39 is 12.4 Å². The third kappa shape index (κ3) is 4.33. The standard InChI is InChI=1S/C24H26FN5O4/c1-13-20(24(33)29-16-6-7-30(9-16)19(32)10-31)22-23(28-13)21(26-12-27-22)17-8-15(25)4-5-18(17)34-11-14-2-3-14/h4-5,8,12,14,16,28,31H,2-3,6-7,9-11H2,1H3,(H,29,33)/t16-/m1/s1. The zero-order valence-electron chi connectivity index (χ0n) is 18.8. The van der Waals surface area contributed by atoms with Crippen LogP contribution in [0.1, 0.15) is 35.3 Å². The number of carbonyl (C=O) groups excluding carboxylic acids is 2. The summed E-state index contributed by atoms with van der Waals surface area (Å²) in [5, 5.41) is 12.0. The summed E-state index contributed by atoms with van der Waals surface area (Å²) in [6, 6.07) is 4.11. The van der Waals surface area contributed by atoms with Gasteiger partial charge in [0.1, 0.15) is 35.7 Å². The summed E-state index contributed by atoms with van der Waals surface area (Å²) in [5.41, 5.74) is 2.89. The first-order valence-electron chi connectivity index (χ1n) is 11.4. The molecule has 3 aromatic rings. The number of ether oxygens (including phenoxy) is 1. The second kappa shape index (κ2) is 9.02. The van der Waals surface area contributed by atoms with Crippen LogP contribution in [-0.4, -0.2) is 69.1 Å². The quantitative estimate of drug-likeness (QED) is 0.490. The number of carbonyl (C=O) groups is 2. The van der Waals surface area contributed by atoms with Crippen LogP contribution in [0.5, 0.6) is 5.75 Å². The molecule has 9 nitrogen and oxygen atoms in total. The Morgan fingerprint density at radius 2 is 2.12 bits per heavy atom. The molecular formula is C24H26FN5O4. The van der Waals surface area contributed by atoms with Gasteiger partial charge in [0.05, 0.1) is 17.7 Å². The number of benzene rings is 1. The lowest BCUT2D eigenvalue weighted by Crippen LogP contribution is -2.39. The molecular weight excluding hydrogens is 441 g/mol. The Balaban J connectivity index is 1.45. The maximum absolute atomic E-state index is 14.2. The van der Waals surface area contributed by atoms with Crippen LogP contribution in [0.2, 0.25) is 0 Å². The van der Waals surface area contributed by atoms with Crippen LogP contribution in [0.3, 0.4) is 0 Å². The zero-order valence-corrected chi connectivity index (χ0v) is 18.8. The van der Waals surface area contributed by atoms with Crippen LogP contribution in [0.25, 0.3) is 22.3 Å². The van der Waals surface area contributed by atoms with Crippen molar-refractivity contribution in [2.45, 2.75) is 32.2 Å². The minimum absolute atomic E-state index is 0.223. The van der Waals surface area contributed by atoms with Gasteiger partial charge in [0.15, 0.2) is 0 Å². The highest BCUT2D eigenvalue weighted by molar-refractivity contribution is 6.09. The van der Waals surface area contributed by atoms with E-state index >= 15 is 0 Å². The third-order valence-electron chi connectivity index (χ3n) is 6.38. The molecule has 2 aliphatic rings. The summed E-state index contributed by atoms with van der Waals surface area (Å²) in [6.07, 6.45) is 4.23. The number of hydrogen-bond acceptors (Lipinski definition) is 6. The third-order valence-corrected chi connectivity index (χ3v) is 6.38. The van der Waals surface area contributed by atoms with Crippen molar-refractivity contribution in [3.05, 3.63) is 41.6 Å². The number of nitrogens with one attached hydrogen (secondary N) is 2. The molecule has 1 atom stereocenters. The predicted molar refractivity (Wildman–Crippen MR) is 122 cm³/mol. The lowest BCUT2D eigenvalue weighted by Gasteiger charge is -2.16. The van der Waals surface area contributed by atoms with Gasteiger partial charge in [0, 0.05) is 30.4 Å². The van der Waals surface area contributed by atoms with Gasteiger partial charge in [-0.1, -0.05) is 0 Å². The summed E-state index contributed by atoms with van der Waals surface area (Å²) >= 11 is 0. The van der Waals surface area contributed by atoms with E-state index in [0.717, 1.165) is 12.8 Å². The molecule has 1 aromatic carbocycles. The lowest BCUT2D eigenvalue weighted by atomic mass is 10.1. The van der Waals surface area contributed by atoms with Gasteiger partial charge in [-0.25, -0.2) is 14.4 Å². The minimum atomic E-state index is -0.547. The number of hydrogen-bond donors (Lipinski definition) is 3. The highest BCUT2D eigenvalue weighted by atomic mass is 19.1. The maximum Gasteiger partial charge on any atom is 0.255 e. The monoisotopic (exact) mass is 467 g/mol. The molecule has 1 aliphatic carbocycles. The van der Waals surface area contributed by atoms with Crippen molar-refractivity contribution in [1.29, 1.82) is 0 Å². The number of aryl methyl sites for hydroxylation is 1. The molecule has 1 saturated heterocycles. The van der Waals surface area contributed by atoms with Gasteiger partial charge in [-0.2, -0.15) is 0 Å². The molecule has 2 amide bonds. The Morgan fingerprint density at radius 1 is 1.29 bits per heavy atom. The van der Waals surface area contributed by atoms with Gasteiger partial charge in [-0.05, 0) is 50.3 Å². The van der Waals surface area contributed by atoms with Gasteiger partial charge in [0.25, 0.3) is 5.91 Å². The fourth-order valence-corrected chi connectivity index (χ4v) is 4.37. The first-order valence-corrected chi connectivity index (χ1v) is 11.4. The Morgan fingerprint density at radius 3 is 2.88 bits per heavy atom. The molecule has 2 aromatic heterocycles. The fraction of sp³-hybridized carbons (Fsp3) is 0.417. The van der Waals surface area contributed by atoms with E-state index in [1.807, 2.05) is 0 Å². The molecule has 178 valence electrons. The van der Waals surface area contributed by atoms with E-state index in [1.54, 1.807) is 13.0 Å². The highest BCUT2D eigenvalue weighted by Crippen LogP contribution is 2.36. The molecule has 1 saturated carbocycles. The summed E-state index contributed by atoms with van der Waals surface area (Å²) in [4.78, 5) is 38.3. The first kappa shape index (κ1) is 22.3. The summed E-state index contributed by atoms with van der Waals surface area (Å²) in [6.45, 7) is 2.62. The van der Waals surface area contributed by atoms with Crippen molar-refractivity contribution in [2.24, 2.45) is 5.92 Å². The van der Waals surface area contributed by atoms with E-state index in [4.69, 9.17) is 9.84 Å². The van der Waals surface area contributed by atoms with Crippen LogP contribution in [0, 0.1) is 18.7 Å². The molecule has 5 rings (SSSR count). The number of amides is 2. The van der Waals surface area contributed by atoms with E-state index in [-0.39, 0.29) is 17.9 Å². The smallest absolute Gasteiger partial charge is 0.255 e. The SMILES string of the molecule is Cc1[nH]c2c(-c3cc(F)ccc3OCC3CC3)ncnc2c1C(=O)N[C@@H]1CCN(C(=O)CO)C1. The average Bonchev–Trinajstić information content (AvgIpc) is 3.43. The molecule has 3 N–H and O–H groups in total. The molecule has 1 aliphatic heterocycles. The van der Waals surface area contributed by atoms with Gasteiger partial charge < -0.3 is 25.0 Å². The molecule has 0 radical (unpaired) electrons. The molecule has 10 heteroatoms. The van der Waals surface area contributed by atoms with Crippen molar-refractivity contribution in [1.82, 2.24) is 25.2 Å². The van der Waals surface area contributed by atoms with Crippen molar-refractivity contribution in [3.63, 3.8) is 0 Å².